The smallest absolute Gasteiger partial charge is 0.255 e. The zero-order valence-corrected chi connectivity index (χ0v) is 13.0. The summed E-state index contributed by atoms with van der Waals surface area (Å²) in [5.74, 6) is 0.302. The summed E-state index contributed by atoms with van der Waals surface area (Å²) in [7, 11) is 0. The van der Waals surface area contributed by atoms with Gasteiger partial charge in [0.05, 0.1) is 0 Å². The Balaban J connectivity index is 0.000000956. The fraction of sp³-hybridized carbons (Fsp3) is 0.188. The van der Waals surface area contributed by atoms with Crippen molar-refractivity contribution in [2.75, 3.05) is 5.32 Å². The SMILES string of the molecule is CC.O=C(Nc1ccc(CCl)cc1)c1ccc(Cl)cc1. The molecule has 0 spiro atoms. The number of benzene rings is 2. The summed E-state index contributed by atoms with van der Waals surface area (Å²) in [5.41, 5.74) is 2.32. The molecule has 2 nitrogen and oxygen atoms in total. The molecule has 1 N–H and O–H groups in total. The first-order valence-electron chi connectivity index (χ1n) is 6.41. The van der Waals surface area contributed by atoms with Crippen LogP contribution in [0.15, 0.2) is 48.5 Å². The van der Waals surface area contributed by atoms with Gasteiger partial charge in [-0.05, 0) is 42.0 Å². The second-order valence-corrected chi connectivity index (χ2v) is 4.50. The van der Waals surface area contributed by atoms with Gasteiger partial charge in [-0.1, -0.05) is 37.6 Å². The quantitative estimate of drug-likeness (QED) is 0.760. The molecule has 1 amide bonds. The Bertz CT molecular complexity index is 535. The highest BCUT2D eigenvalue weighted by Crippen LogP contribution is 2.14. The number of anilines is 1. The average molecular weight is 310 g/mol. The van der Waals surface area contributed by atoms with Crippen molar-refractivity contribution < 1.29 is 4.79 Å². The van der Waals surface area contributed by atoms with Gasteiger partial charge >= 0.3 is 0 Å². The van der Waals surface area contributed by atoms with Crippen molar-refractivity contribution in [2.24, 2.45) is 0 Å². The predicted octanol–water partition coefficient (Wildman–Crippen LogP) is 5.36. The largest absolute Gasteiger partial charge is 0.322 e. The fourth-order valence-electron chi connectivity index (χ4n) is 1.48. The highest BCUT2D eigenvalue weighted by Gasteiger charge is 2.05. The molecular weight excluding hydrogens is 293 g/mol. The number of carbonyl (C=O) groups is 1. The molecule has 4 heteroatoms. The lowest BCUT2D eigenvalue weighted by Crippen LogP contribution is -2.11. The number of nitrogens with one attached hydrogen (secondary N) is 1. The van der Waals surface area contributed by atoms with Crippen LogP contribution in [0.5, 0.6) is 0 Å². The third kappa shape index (κ3) is 4.87. The van der Waals surface area contributed by atoms with E-state index in [9.17, 15) is 4.79 Å². The molecule has 0 atom stereocenters. The molecule has 2 aromatic carbocycles. The molecule has 0 radical (unpaired) electrons. The number of halogens is 2. The Morgan fingerprint density at radius 1 is 1.00 bits per heavy atom. The van der Waals surface area contributed by atoms with Crippen LogP contribution in [0.4, 0.5) is 5.69 Å². The molecule has 0 aliphatic carbocycles. The van der Waals surface area contributed by atoms with Crippen LogP contribution >= 0.6 is 23.2 Å². The summed E-state index contributed by atoms with van der Waals surface area (Å²) >= 11 is 11.5. The van der Waals surface area contributed by atoms with Gasteiger partial charge in [0.2, 0.25) is 0 Å². The lowest BCUT2D eigenvalue weighted by atomic mass is 10.2. The van der Waals surface area contributed by atoms with Crippen LogP contribution in [0, 0.1) is 0 Å². The summed E-state index contributed by atoms with van der Waals surface area (Å²) in [5, 5.41) is 3.41. The number of amides is 1. The average Bonchev–Trinajstić information content (AvgIpc) is 2.50. The van der Waals surface area contributed by atoms with E-state index in [0.717, 1.165) is 11.3 Å². The highest BCUT2D eigenvalue weighted by atomic mass is 35.5. The monoisotopic (exact) mass is 309 g/mol. The van der Waals surface area contributed by atoms with E-state index in [4.69, 9.17) is 23.2 Å². The molecule has 0 aliphatic heterocycles. The molecule has 0 aromatic heterocycles. The summed E-state index contributed by atoms with van der Waals surface area (Å²) in [6, 6.07) is 14.2. The minimum absolute atomic E-state index is 0.162. The Kier molecular flexibility index (Phi) is 7.13. The lowest BCUT2D eigenvalue weighted by Gasteiger charge is -2.05. The van der Waals surface area contributed by atoms with Gasteiger partial charge in [0.25, 0.3) is 5.91 Å². The number of hydrogen-bond acceptors (Lipinski definition) is 1. The zero-order valence-electron chi connectivity index (χ0n) is 11.5. The van der Waals surface area contributed by atoms with Crippen LogP contribution in [0.1, 0.15) is 29.8 Å². The van der Waals surface area contributed by atoms with Crippen LogP contribution in [-0.4, -0.2) is 5.91 Å². The van der Waals surface area contributed by atoms with Gasteiger partial charge in [-0.2, -0.15) is 0 Å². The van der Waals surface area contributed by atoms with E-state index >= 15 is 0 Å². The van der Waals surface area contributed by atoms with Crippen molar-refractivity contribution in [1.82, 2.24) is 0 Å². The summed E-state index contributed by atoms with van der Waals surface area (Å²) in [6.45, 7) is 4.00. The number of hydrogen-bond donors (Lipinski definition) is 1. The van der Waals surface area contributed by atoms with Crippen LogP contribution < -0.4 is 5.32 Å². The maximum absolute atomic E-state index is 11.9. The summed E-state index contributed by atoms with van der Waals surface area (Å²) in [6.07, 6.45) is 0. The summed E-state index contributed by atoms with van der Waals surface area (Å²) < 4.78 is 0. The molecule has 0 fully saturated rings. The molecule has 0 bridgehead atoms. The molecule has 0 saturated carbocycles. The minimum atomic E-state index is -0.162. The maximum atomic E-state index is 11.9. The fourth-order valence-corrected chi connectivity index (χ4v) is 1.79. The van der Waals surface area contributed by atoms with Crippen molar-refractivity contribution in [1.29, 1.82) is 0 Å². The number of rotatable bonds is 3. The van der Waals surface area contributed by atoms with Gasteiger partial charge in [0, 0.05) is 22.2 Å². The molecule has 2 aromatic rings. The standard InChI is InChI=1S/C14H11Cl2NO.C2H6/c15-9-10-1-7-13(8-2-10)17-14(18)11-3-5-12(16)6-4-11;1-2/h1-8H,9H2,(H,17,18);1-2H3. The Hall–Kier alpha value is -1.51. The lowest BCUT2D eigenvalue weighted by molar-refractivity contribution is 0.102. The number of carbonyl (C=O) groups excluding carboxylic acids is 1. The van der Waals surface area contributed by atoms with Crippen LogP contribution in [0.25, 0.3) is 0 Å². The Morgan fingerprint density at radius 3 is 2.05 bits per heavy atom. The van der Waals surface area contributed by atoms with Crippen molar-refractivity contribution in [3.8, 4) is 0 Å². The van der Waals surface area contributed by atoms with Gasteiger partial charge in [0.1, 0.15) is 0 Å². The topological polar surface area (TPSA) is 29.1 Å². The summed E-state index contributed by atoms with van der Waals surface area (Å²) in [4.78, 5) is 11.9. The molecule has 106 valence electrons. The molecule has 0 heterocycles. The van der Waals surface area contributed by atoms with Crippen molar-refractivity contribution in [3.63, 3.8) is 0 Å². The van der Waals surface area contributed by atoms with E-state index in [1.54, 1.807) is 24.3 Å². The Morgan fingerprint density at radius 2 is 1.55 bits per heavy atom. The van der Waals surface area contributed by atoms with Crippen LogP contribution in [-0.2, 0) is 5.88 Å². The minimum Gasteiger partial charge on any atom is -0.322 e. The number of alkyl halides is 1. The Labute approximate surface area is 129 Å². The van der Waals surface area contributed by atoms with E-state index in [0.29, 0.717) is 16.5 Å². The van der Waals surface area contributed by atoms with Crippen molar-refractivity contribution in [2.45, 2.75) is 19.7 Å². The first-order valence-corrected chi connectivity index (χ1v) is 7.32. The van der Waals surface area contributed by atoms with Crippen molar-refractivity contribution >= 4 is 34.8 Å². The van der Waals surface area contributed by atoms with Gasteiger partial charge < -0.3 is 5.32 Å². The van der Waals surface area contributed by atoms with Crippen LogP contribution in [0.2, 0.25) is 5.02 Å². The maximum Gasteiger partial charge on any atom is 0.255 e. The van der Waals surface area contributed by atoms with E-state index in [2.05, 4.69) is 5.32 Å². The third-order valence-corrected chi connectivity index (χ3v) is 3.03. The van der Waals surface area contributed by atoms with E-state index in [-0.39, 0.29) is 5.91 Å². The van der Waals surface area contributed by atoms with Gasteiger partial charge in [-0.3, -0.25) is 4.79 Å². The predicted molar refractivity (Wildman–Crippen MR) is 86.8 cm³/mol. The highest BCUT2D eigenvalue weighted by molar-refractivity contribution is 6.30. The van der Waals surface area contributed by atoms with E-state index in [1.165, 1.54) is 0 Å². The normalized spacial score (nSPS) is 9.40. The van der Waals surface area contributed by atoms with Gasteiger partial charge in [-0.25, -0.2) is 0 Å². The molecule has 0 unspecified atom stereocenters. The first-order chi connectivity index (χ1) is 9.69. The zero-order chi connectivity index (χ0) is 15.0. The van der Waals surface area contributed by atoms with Crippen molar-refractivity contribution in [3.05, 3.63) is 64.7 Å². The van der Waals surface area contributed by atoms with Gasteiger partial charge in [0.15, 0.2) is 0 Å². The van der Waals surface area contributed by atoms with Gasteiger partial charge in [-0.15, -0.1) is 11.6 Å². The molecule has 0 aliphatic rings. The second kappa shape index (κ2) is 8.62. The van der Waals surface area contributed by atoms with E-state index in [1.807, 2.05) is 38.1 Å². The molecular formula is C16H17Cl2NO. The molecule has 20 heavy (non-hydrogen) atoms. The van der Waals surface area contributed by atoms with E-state index < -0.39 is 0 Å². The first kappa shape index (κ1) is 16.5. The van der Waals surface area contributed by atoms with Crippen LogP contribution in [0.3, 0.4) is 0 Å². The third-order valence-electron chi connectivity index (χ3n) is 2.47. The molecule has 2 rings (SSSR count). The molecule has 0 saturated heterocycles. The second-order valence-electron chi connectivity index (χ2n) is 3.79.